The third kappa shape index (κ3) is 2.78. The molecular weight excluding hydrogens is 310 g/mol. The van der Waals surface area contributed by atoms with Crippen molar-refractivity contribution < 1.29 is 0 Å². The van der Waals surface area contributed by atoms with Gasteiger partial charge in [-0.15, -0.1) is 0 Å². The number of halogens is 1. The molecule has 3 heterocycles. The fourth-order valence-electron chi connectivity index (χ4n) is 3.09. The highest BCUT2D eigenvalue weighted by Crippen LogP contribution is 2.29. The molecule has 0 bridgehead atoms. The van der Waals surface area contributed by atoms with Gasteiger partial charge < -0.3 is 4.98 Å². The van der Waals surface area contributed by atoms with Crippen LogP contribution in [0.1, 0.15) is 22.6 Å². The highest BCUT2D eigenvalue weighted by Gasteiger charge is 2.23. The van der Waals surface area contributed by atoms with Gasteiger partial charge in [-0.2, -0.15) is 5.10 Å². The van der Waals surface area contributed by atoms with Gasteiger partial charge in [-0.1, -0.05) is 23.7 Å². The van der Waals surface area contributed by atoms with Crippen LogP contribution in [0.15, 0.2) is 30.6 Å². The van der Waals surface area contributed by atoms with Crippen molar-refractivity contribution in [2.24, 2.45) is 0 Å². The summed E-state index contributed by atoms with van der Waals surface area (Å²) in [7, 11) is 0. The largest absolute Gasteiger partial charge is 0.348 e. The fraction of sp³-hybridized carbons (Fsp3) is 0.294. The maximum Gasteiger partial charge on any atom is 0.0968 e. The van der Waals surface area contributed by atoms with Crippen molar-refractivity contribution in [2.75, 3.05) is 6.54 Å². The second-order valence-electron chi connectivity index (χ2n) is 5.97. The van der Waals surface area contributed by atoms with Crippen LogP contribution >= 0.6 is 11.6 Å². The van der Waals surface area contributed by atoms with Gasteiger partial charge >= 0.3 is 0 Å². The van der Waals surface area contributed by atoms with E-state index in [1.165, 1.54) is 11.3 Å². The summed E-state index contributed by atoms with van der Waals surface area (Å²) in [6.07, 6.45) is 2.75. The first-order chi connectivity index (χ1) is 11.2. The third-order valence-electron chi connectivity index (χ3n) is 4.44. The number of nitrogens with zero attached hydrogens (tertiary/aromatic N) is 3. The topological polar surface area (TPSA) is 60.6 Å². The molecule has 1 aromatic carbocycles. The van der Waals surface area contributed by atoms with Crippen LogP contribution < -0.4 is 0 Å². The van der Waals surface area contributed by atoms with Crippen molar-refractivity contribution in [2.45, 2.75) is 26.4 Å². The number of nitrogens with one attached hydrogen (secondary N) is 2. The molecule has 0 spiro atoms. The molecule has 0 fully saturated rings. The average molecular weight is 328 g/mol. The number of rotatable bonds is 3. The van der Waals surface area contributed by atoms with Crippen molar-refractivity contribution in [3.05, 3.63) is 58.3 Å². The SMILES string of the molecule is Cc1[nH]cnc1CN1CCc2[nH]nc(-c3ccc(Cl)cc3)c2C1. The highest BCUT2D eigenvalue weighted by molar-refractivity contribution is 6.30. The predicted octanol–water partition coefficient (Wildman–Crippen LogP) is 3.32. The van der Waals surface area contributed by atoms with Crippen LogP contribution in [0.3, 0.4) is 0 Å². The lowest BCUT2D eigenvalue weighted by molar-refractivity contribution is 0.242. The molecule has 3 aromatic rings. The van der Waals surface area contributed by atoms with E-state index < -0.39 is 0 Å². The summed E-state index contributed by atoms with van der Waals surface area (Å²) in [5.41, 5.74) is 6.91. The monoisotopic (exact) mass is 327 g/mol. The van der Waals surface area contributed by atoms with Crippen LogP contribution in [0.2, 0.25) is 5.02 Å². The minimum Gasteiger partial charge on any atom is -0.348 e. The third-order valence-corrected chi connectivity index (χ3v) is 4.69. The average Bonchev–Trinajstić information content (AvgIpc) is 3.15. The van der Waals surface area contributed by atoms with Crippen molar-refractivity contribution >= 4 is 11.6 Å². The Bertz CT molecular complexity index is 818. The van der Waals surface area contributed by atoms with Gasteiger partial charge in [0.25, 0.3) is 0 Å². The maximum atomic E-state index is 5.99. The van der Waals surface area contributed by atoms with E-state index in [1.807, 2.05) is 24.3 Å². The molecule has 0 saturated carbocycles. The van der Waals surface area contributed by atoms with Crippen molar-refractivity contribution in [1.29, 1.82) is 0 Å². The molecule has 0 radical (unpaired) electrons. The van der Waals surface area contributed by atoms with Crippen LogP contribution in [-0.2, 0) is 19.5 Å². The number of aromatic amines is 2. The Labute approximate surface area is 139 Å². The Hall–Kier alpha value is -2.11. The van der Waals surface area contributed by atoms with Gasteiger partial charge in [0.2, 0.25) is 0 Å². The molecule has 0 amide bonds. The van der Waals surface area contributed by atoms with Gasteiger partial charge in [-0.05, 0) is 19.1 Å². The number of aromatic nitrogens is 4. The summed E-state index contributed by atoms with van der Waals surface area (Å²) in [6.45, 7) is 4.83. The number of aryl methyl sites for hydroxylation is 1. The molecule has 0 saturated heterocycles. The number of hydrogen-bond acceptors (Lipinski definition) is 3. The highest BCUT2D eigenvalue weighted by atomic mass is 35.5. The summed E-state index contributed by atoms with van der Waals surface area (Å²) in [6, 6.07) is 7.86. The van der Waals surface area contributed by atoms with Crippen LogP contribution in [0.5, 0.6) is 0 Å². The van der Waals surface area contributed by atoms with Gasteiger partial charge in [0, 0.05) is 53.6 Å². The zero-order valence-corrected chi connectivity index (χ0v) is 13.7. The lowest BCUT2D eigenvalue weighted by Gasteiger charge is -2.26. The van der Waals surface area contributed by atoms with E-state index in [2.05, 4.69) is 32.0 Å². The quantitative estimate of drug-likeness (QED) is 0.775. The van der Waals surface area contributed by atoms with Gasteiger partial charge in [-0.3, -0.25) is 10.00 Å². The Kier molecular flexibility index (Phi) is 3.67. The fourth-order valence-corrected chi connectivity index (χ4v) is 3.22. The summed E-state index contributed by atoms with van der Waals surface area (Å²) in [5, 5.41) is 8.47. The van der Waals surface area contributed by atoms with Crippen molar-refractivity contribution in [3.8, 4) is 11.3 Å². The van der Waals surface area contributed by atoms with E-state index in [9.17, 15) is 0 Å². The van der Waals surface area contributed by atoms with Gasteiger partial charge in [0.05, 0.1) is 17.7 Å². The maximum absolute atomic E-state index is 5.99. The molecule has 1 aliphatic rings. The Balaban J connectivity index is 1.60. The van der Waals surface area contributed by atoms with E-state index >= 15 is 0 Å². The molecule has 5 nitrogen and oxygen atoms in total. The lowest BCUT2D eigenvalue weighted by atomic mass is 10.0. The van der Waals surface area contributed by atoms with Crippen LogP contribution in [0.25, 0.3) is 11.3 Å². The van der Waals surface area contributed by atoms with Gasteiger partial charge in [0.1, 0.15) is 0 Å². The smallest absolute Gasteiger partial charge is 0.0968 e. The standard InChI is InChI=1S/C17H18ClN5/c1-11-16(20-10-19-11)9-23-7-6-15-14(8-23)17(22-21-15)12-2-4-13(18)5-3-12/h2-5,10H,6-9H2,1H3,(H,19,20)(H,21,22). The number of benzene rings is 1. The van der Waals surface area contributed by atoms with Crippen LogP contribution in [0, 0.1) is 6.92 Å². The van der Waals surface area contributed by atoms with Crippen LogP contribution in [-0.4, -0.2) is 31.6 Å². The van der Waals surface area contributed by atoms with Crippen molar-refractivity contribution in [1.82, 2.24) is 25.1 Å². The molecule has 23 heavy (non-hydrogen) atoms. The van der Waals surface area contributed by atoms with Gasteiger partial charge in [0.15, 0.2) is 0 Å². The Morgan fingerprint density at radius 1 is 1.26 bits per heavy atom. The first kappa shape index (κ1) is 14.5. The molecule has 0 unspecified atom stereocenters. The van der Waals surface area contributed by atoms with Gasteiger partial charge in [-0.25, -0.2) is 4.98 Å². The first-order valence-electron chi connectivity index (χ1n) is 7.74. The number of H-pyrrole nitrogens is 2. The second kappa shape index (κ2) is 5.83. The van der Waals surface area contributed by atoms with Crippen LogP contribution in [0.4, 0.5) is 0 Å². The molecule has 2 N–H and O–H groups in total. The van der Waals surface area contributed by atoms with E-state index in [1.54, 1.807) is 6.33 Å². The van der Waals surface area contributed by atoms with E-state index in [0.717, 1.165) is 53.7 Å². The summed E-state index contributed by atoms with van der Waals surface area (Å²) in [5.74, 6) is 0. The second-order valence-corrected chi connectivity index (χ2v) is 6.41. The van der Waals surface area contributed by atoms with E-state index in [-0.39, 0.29) is 0 Å². The Morgan fingerprint density at radius 2 is 2.09 bits per heavy atom. The Morgan fingerprint density at radius 3 is 2.83 bits per heavy atom. The molecule has 1 aliphatic heterocycles. The minimum absolute atomic E-state index is 0.744. The first-order valence-corrected chi connectivity index (χ1v) is 8.12. The number of fused-ring (bicyclic) bond motifs is 1. The number of hydrogen-bond donors (Lipinski definition) is 2. The summed E-state index contributed by atoms with van der Waals surface area (Å²) >= 11 is 5.99. The molecular formula is C17H18ClN5. The molecule has 6 heteroatoms. The normalized spacial score (nSPS) is 14.9. The molecule has 0 aliphatic carbocycles. The zero-order chi connectivity index (χ0) is 15.8. The zero-order valence-electron chi connectivity index (χ0n) is 12.9. The van der Waals surface area contributed by atoms with E-state index in [4.69, 9.17) is 11.6 Å². The minimum atomic E-state index is 0.744. The molecule has 4 rings (SSSR count). The summed E-state index contributed by atoms with van der Waals surface area (Å²) < 4.78 is 0. The summed E-state index contributed by atoms with van der Waals surface area (Å²) in [4.78, 5) is 9.97. The molecule has 0 atom stereocenters. The molecule has 118 valence electrons. The van der Waals surface area contributed by atoms with E-state index in [0.29, 0.717) is 0 Å². The lowest BCUT2D eigenvalue weighted by Crippen LogP contribution is -2.30. The number of imidazole rings is 1. The van der Waals surface area contributed by atoms with Crippen molar-refractivity contribution in [3.63, 3.8) is 0 Å². The molecule has 2 aromatic heterocycles. The predicted molar refractivity (Wildman–Crippen MR) is 90.2 cm³/mol.